The molecule has 0 aliphatic heterocycles. The summed E-state index contributed by atoms with van der Waals surface area (Å²) >= 11 is 0. The van der Waals surface area contributed by atoms with Crippen LogP contribution in [-0.4, -0.2) is 23.6 Å². The summed E-state index contributed by atoms with van der Waals surface area (Å²) in [6.07, 6.45) is 6.72. The SMILES string of the molecule is CC1(C)CCCC1NCCCCC(N)=NO. The zero-order valence-corrected chi connectivity index (χ0v) is 10.5. The van der Waals surface area contributed by atoms with Gasteiger partial charge in [0.05, 0.1) is 0 Å². The van der Waals surface area contributed by atoms with Crippen LogP contribution in [-0.2, 0) is 0 Å². The van der Waals surface area contributed by atoms with E-state index in [1.165, 1.54) is 19.3 Å². The molecule has 0 bridgehead atoms. The second kappa shape index (κ2) is 6.09. The van der Waals surface area contributed by atoms with Crippen LogP contribution >= 0.6 is 0 Å². The van der Waals surface area contributed by atoms with E-state index in [1.807, 2.05) is 0 Å². The monoisotopic (exact) mass is 227 g/mol. The van der Waals surface area contributed by atoms with E-state index in [0.717, 1.165) is 19.4 Å². The van der Waals surface area contributed by atoms with E-state index in [4.69, 9.17) is 10.9 Å². The van der Waals surface area contributed by atoms with Gasteiger partial charge in [0.15, 0.2) is 0 Å². The minimum absolute atomic E-state index is 0.334. The van der Waals surface area contributed by atoms with Crippen LogP contribution in [0.2, 0.25) is 0 Å². The third-order valence-corrected chi connectivity index (χ3v) is 3.64. The van der Waals surface area contributed by atoms with Crippen molar-refractivity contribution in [2.75, 3.05) is 6.54 Å². The van der Waals surface area contributed by atoms with Gasteiger partial charge in [0, 0.05) is 12.5 Å². The summed E-state index contributed by atoms with van der Waals surface area (Å²) in [4.78, 5) is 0. The molecule has 0 heterocycles. The first-order valence-corrected chi connectivity index (χ1v) is 6.26. The van der Waals surface area contributed by atoms with Crippen molar-refractivity contribution in [3.8, 4) is 0 Å². The van der Waals surface area contributed by atoms with Crippen LogP contribution in [0.25, 0.3) is 0 Å². The molecule has 4 heteroatoms. The van der Waals surface area contributed by atoms with Crippen molar-refractivity contribution in [3.63, 3.8) is 0 Å². The van der Waals surface area contributed by atoms with E-state index in [-0.39, 0.29) is 0 Å². The Kier molecular flexibility index (Phi) is 5.06. The number of amidine groups is 1. The minimum atomic E-state index is 0.334. The fraction of sp³-hybridized carbons (Fsp3) is 0.917. The number of nitrogens with zero attached hydrogens (tertiary/aromatic N) is 1. The maximum absolute atomic E-state index is 8.38. The molecule has 4 N–H and O–H groups in total. The molecule has 0 saturated heterocycles. The molecule has 0 aromatic heterocycles. The van der Waals surface area contributed by atoms with Gasteiger partial charge in [-0.05, 0) is 37.6 Å². The van der Waals surface area contributed by atoms with Gasteiger partial charge in [-0.25, -0.2) is 0 Å². The first-order valence-electron chi connectivity index (χ1n) is 6.26. The van der Waals surface area contributed by atoms with Crippen LogP contribution in [0.1, 0.15) is 52.4 Å². The molecular formula is C12H25N3O. The van der Waals surface area contributed by atoms with Gasteiger partial charge in [-0.3, -0.25) is 0 Å². The molecule has 1 aliphatic rings. The van der Waals surface area contributed by atoms with Gasteiger partial charge in [0.1, 0.15) is 5.84 Å². The molecule has 0 amide bonds. The molecule has 1 rings (SSSR count). The number of rotatable bonds is 6. The van der Waals surface area contributed by atoms with Crippen molar-refractivity contribution in [1.82, 2.24) is 5.32 Å². The lowest BCUT2D eigenvalue weighted by Gasteiger charge is -2.28. The Bertz CT molecular complexity index is 238. The first kappa shape index (κ1) is 13.3. The van der Waals surface area contributed by atoms with Gasteiger partial charge in [-0.2, -0.15) is 0 Å². The van der Waals surface area contributed by atoms with Crippen LogP contribution in [0.15, 0.2) is 5.16 Å². The second-order valence-corrected chi connectivity index (χ2v) is 5.44. The molecule has 0 radical (unpaired) electrons. The molecule has 4 nitrogen and oxygen atoms in total. The highest BCUT2D eigenvalue weighted by molar-refractivity contribution is 5.79. The standard InChI is InChI=1S/C12H25N3O/c1-12(2)8-5-6-10(12)14-9-4-3-7-11(13)15-16/h10,14,16H,3-9H2,1-2H3,(H2,13,15). The minimum Gasteiger partial charge on any atom is -0.409 e. The normalized spacial score (nSPS) is 24.9. The Morgan fingerprint density at radius 3 is 2.81 bits per heavy atom. The molecule has 16 heavy (non-hydrogen) atoms. The highest BCUT2D eigenvalue weighted by Gasteiger charge is 2.33. The third-order valence-electron chi connectivity index (χ3n) is 3.64. The molecule has 94 valence electrons. The Hall–Kier alpha value is -0.770. The summed E-state index contributed by atoms with van der Waals surface area (Å²) in [5, 5.41) is 15.0. The average Bonchev–Trinajstić information content (AvgIpc) is 2.57. The van der Waals surface area contributed by atoms with E-state index in [9.17, 15) is 0 Å². The van der Waals surface area contributed by atoms with E-state index in [0.29, 0.717) is 23.7 Å². The highest BCUT2D eigenvalue weighted by atomic mass is 16.4. The molecule has 1 saturated carbocycles. The van der Waals surface area contributed by atoms with Crippen molar-refractivity contribution in [1.29, 1.82) is 0 Å². The Labute approximate surface area is 98.3 Å². The fourth-order valence-corrected chi connectivity index (χ4v) is 2.46. The van der Waals surface area contributed by atoms with Gasteiger partial charge >= 0.3 is 0 Å². The maximum Gasteiger partial charge on any atom is 0.139 e. The Morgan fingerprint density at radius 1 is 1.50 bits per heavy atom. The van der Waals surface area contributed by atoms with Crippen LogP contribution in [0.3, 0.4) is 0 Å². The summed E-state index contributed by atoms with van der Waals surface area (Å²) < 4.78 is 0. The van der Waals surface area contributed by atoms with E-state index >= 15 is 0 Å². The molecule has 1 aliphatic carbocycles. The number of hydrogen-bond donors (Lipinski definition) is 3. The molecule has 1 unspecified atom stereocenters. The molecule has 0 spiro atoms. The van der Waals surface area contributed by atoms with Gasteiger partial charge in [-0.15, -0.1) is 0 Å². The predicted octanol–water partition coefficient (Wildman–Crippen LogP) is 2.07. The largest absolute Gasteiger partial charge is 0.409 e. The van der Waals surface area contributed by atoms with Gasteiger partial charge in [0.2, 0.25) is 0 Å². The van der Waals surface area contributed by atoms with Crippen molar-refractivity contribution >= 4 is 5.84 Å². The van der Waals surface area contributed by atoms with Crippen LogP contribution in [0.5, 0.6) is 0 Å². The maximum atomic E-state index is 8.38. The lowest BCUT2D eigenvalue weighted by molar-refractivity contribution is 0.283. The number of nitrogens with one attached hydrogen (secondary N) is 1. The van der Waals surface area contributed by atoms with E-state index in [1.54, 1.807) is 0 Å². The Balaban J connectivity index is 2.07. The molecule has 0 aromatic carbocycles. The van der Waals surface area contributed by atoms with Crippen molar-refractivity contribution in [2.24, 2.45) is 16.3 Å². The predicted molar refractivity (Wildman–Crippen MR) is 66.7 cm³/mol. The van der Waals surface area contributed by atoms with Crippen molar-refractivity contribution in [2.45, 2.75) is 58.4 Å². The average molecular weight is 227 g/mol. The second-order valence-electron chi connectivity index (χ2n) is 5.44. The number of nitrogens with two attached hydrogens (primary N) is 1. The summed E-state index contributed by atoms with van der Waals surface area (Å²) in [5.41, 5.74) is 5.85. The summed E-state index contributed by atoms with van der Waals surface area (Å²) in [5.74, 6) is 0.334. The van der Waals surface area contributed by atoms with E-state index in [2.05, 4.69) is 24.3 Å². The summed E-state index contributed by atoms with van der Waals surface area (Å²) in [6, 6.07) is 0.663. The van der Waals surface area contributed by atoms with Crippen LogP contribution in [0.4, 0.5) is 0 Å². The van der Waals surface area contributed by atoms with Crippen LogP contribution in [0, 0.1) is 5.41 Å². The molecule has 1 fully saturated rings. The lowest BCUT2D eigenvalue weighted by Crippen LogP contribution is -2.38. The smallest absolute Gasteiger partial charge is 0.139 e. The fourth-order valence-electron chi connectivity index (χ4n) is 2.46. The van der Waals surface area contributed by atoms with Crippen molar-refractivity contribution < 1.29 is 5.21 Å². The quantitative estimate of drug-likeness (QED) is 0.214. The zero-order chi connectivity index (χ0) is 12.0. The summed E-state index contributed by atoms with van der Waals surface area (Å²) in [6.45, 7) is 5.72. The van der Waals surface area contributed by atoms with Crippen molar-refractivity contribution in [3.05, 3.63) is 0 Å². The zero-order valence-electron chi connectivity index (χ0n) is 10.5. The van der Waals surface area contributed by atoms with E-state index < -0.39 is 0 Å². The van der Waals surface area contributed by atoms with Gasteiger partial charge in [0.25, 0.3) is 0 Å². The highest BCUT2D eigenvalue weighted by Crippen LogP contribution is 2.37. The van der Waals surface area contributed by atoms with Gasteiger partial charge < -0.3 is 16.3 Å². The number of unbranched alkanes of at least 4 members (excludes halogenated alkanes) is 1. The third kappa shape index (κ3) is 4.00. The molecule has 0 aromatic rings. The van der Waals surface area contributed by atoms with Crippen LogP contribution < -0.4 is 11.1 Å². The van der Waals surface area contributed by atoms with Gasteiger partial charge in [-0.1, -0.05) is 25.4 Å². The topological polar surface area (TPSA) is 70.6 Å². The number of oxime groups is 1. The Morgan fingerprint density at radius 2 is 2.25 bits per heavy atom. The summed E-state index contributed by atoms with van der Waals surface area (Å²) in [7, 11) is 0. The molecular weight excluding hydrogens is 202 g/mol. The molecule has 1 atom stereocenters. The number of hydrogen-bond acceptors (Lipinski definition) is 3. The lowest BCUT2D eigenvalue weighted by atomic mass is 9.87. The first-order chi connectivity index (χ1) is 7.56.